The Morgan fingerprint density at radius 3 is 2.50 bits per heavy atom. The number of benzene rings is 2. The summed E-state index contributed by atoms with van der Waals surface area (Å²) in [6, 6.07) is 14.7. The van der Waals surface area contributed by atoms with Crippen molar-refractivity contribution in [2.24, 2.45) is 0 Å². The highest BCUT2D eigenvalue weighted by Gasteiger charge is 2.22. The van der Waals surface area contributed by atoms with Crippen LogP contribution in [0.25, 0.3) is 0 Å². The first-order valence-corrected chi connectivity index (χ1v) is 8.13. The molecule has 1 aliphatic heterocycles. The summed E-state index contributed by atoms with van der Waals surface area (Å²) in [6.07, 6.45) is 0. The third kappa shape index (κ3) is 2.40. The molecule has 0 bridgehead atoms. The number of nitrogens with zero attached hydrogens (tertiary/aromatic N) is 2. The van der Waals surface area contributed by atoms with E-state index >= 15 is 0 Å². The second-order valence-electron chi connectivity index (χ2n) is 4.98. The Bertz CT molecular complexity index is 630. The van der Waals surface area contributed by atoms with Gasteiger partial charge in [0.2, 0.25) is 0 Å². The number of halogens is 2. The van der Waals surface area contributed by atoms with Gasteiger partial charge in [0.05, 0.1) is 22.1 Å². The van der Waals surface area contributed by atoms with Gasteiger partial charge in [0.25, 0.3) is 0 Å². The summed E-state index contributed by atoms with van der Waals surface area (Å²) in [5, 5.41) is 1.63. The number of fused-ring (bicyclic) bond motifs is 1. The predicted molar refractivity (Wildman–Crippen MR) is 90.8 cm³/mol. The van der Waals surface area contributed by atoms with Crippen LogP contribution in [0.2, 0.25) is 5.02 Å². The fourth-order valence-electron chi connectivity index (χ4n) is 2.61. The minimum Gasteiger partial charge on any atom is -0.371 e. The zero-order valence-corrected chi connectivity index (χ0v) is 13.7. The summed E-state index contributed by atoms with van der Waals surface area (Å²) in [6.45, 7) is 1.94. The Hall–Kier alpha value is -1.19. The highest BCUT2D eigenvalue weighted by Crippen LogP contribution is 2.39. The second kappa shape index (κ2) is 5.66. The van der Waals surface area contributed by atoms with Gasteiger partial charge in [0.15, 0.2) is 0 Å². The lowest BCUT2D eigenvalue weighted by atomic mass is 10.1. The van der Waals surface area contributed by atoms with Gasteiger partial charge in [-0.05, 0) is 29.8 Å². The van der Waals surface area contributed by atoms with E-state index in [9.17, 15) is 0 Å². The van der Waals surface area contributed by atoms with Gasteiger partial charge in [-0.3, -0.25) is 0 Å². The monoisotopic (exact) mass is 350 g/mol. The fourth-order valence-corrected chi connectivity index (χ4v) is 3.26. The number of para-hydroxylation sites is 2. The molecule has 1 heterocycles. The zero-order valence-electron chi connectivity index (χ0n) is 11.3. The van der Waals surface area contributed by atoms with Crippen LogP contribution in [0.1, 0.15) is 5.56 Å². The van der Waals surface area contributed by atoms with Crippen molar-refractivity contribution in [3.63, 3.8) is 0 Å². The normalized spacial score (nSPS) is 14.3. The van der Waals surface area contributed by atoms with Gasteiger partial charge in [-0.1, -0.05) is 45.7 Å². The average molecular weight is 352 g/mol. The summed E-state index contributed by atoms with van der Waals surface area (Å²) in [4.78, 5) is 4.59. The summed E-state index contributed by atoms with van der Waals surface area (Å²) in [5.74, 6) is 0. The molecule has 4 heteroatoms. The molecule has 3 rings (SSSR count). The van der Waals surface area contributed by atoms with Crippen molar-refractivity contribution in [1.82, 2.24) is 0 Å². The van der Waals surface area contributed by atoms with Crippen LogP contribution in [0, 0.1) is 0 Å². The molecule has 0 aliphatic carbocycles. The van der Waals surface area contributed by atoms with Crippen molar-refractivity contribution in [2.45, 2.75) is 5.33 Å². The first-order valence-electron chi connectivity index (χ1n) is 6.63. The van der Waals surface area contributed by atoms with Crippen molar-refractivity contribution < 1.29 is 0 Å². The van der Waals surface area contributed by atoms with E-state index in [2.05, 4.69) is 69.2 Å². The zero-order chi connectivity index (χ0) is 14.1. The van der Waals surface area contributed by atoms with Crippen LogP contribution in [-0.4, -0.2) is 20.1 Å². The van der Waals surface area contributed by atoms with Gasteiger partial charge < -0.3 is 9.80 Å². The quantitative estimate of drug-likeness (QED) is 0.716. The van der Waals surface area contributed by atoms with Crippen LogP contribution in [0.3, 0.4) is 0 Å². The van der Waals surface area contributed by atoms with Crippen molar-refractivity contribution in [1.29, 1.82) is 0 Å². The van der Waals surface area contributed by atoms with Gasteiger partial charge in [-0.25, -0.2) is 0 Å². The maximum Gasteiger partial charge on any atom is 0.0649 e. The van der Waals surface area contributed by atoms with E-state index in [1.807, 2.05) is 6.07 Å². The first kappa shape index (κ1) is 13.8. The Morgan fingerprint density at radius 2 is 1.80 bits per heavy atom. The standard InChI is InChI=1S/C16H16BrClN2/c1-19-8-9-20(16-5-3-2-4-15(16)19)14-7-6-12(11-17)10-13(14)18/h2-7,10H,8-9,11H2,1H3. The summed E-state index contributed by atoms with van der Waals surface area (Å²) < 4.78 is 0. The molecule has 2 nitrogen and oxygen atoms in total. The molecule has 104 valence electrons. The Balaban J connectivity index is 2.05. The first-order chi connectivity index (χ1) is 9.70. The lowest BCUT2D eigenvalue weighted by molar-refractivity contribution is 0.822. The molecule has 2 aromatic carbocycles. The van der Waals surface area contributed by atoms with Crippen LogP contribution in [0.5, 0.6) is 0 Å². The fraction of sp³-hybridized carbons (Fsp3) is 0.250. The Morgan fingerprint density at radius 1 is 1.05 bits per heavy atom. The summed E-state index contributed by atoms with van der Waals surface area (Å²) in [5.41, 5.74) is 4.74. The van der Waals surface area contributed by atoms with Crippen LogP contribution in [0.4, 0.5) is 17.1 Å². The molecule has 0 N–H and O–H groups in total. The number of hydrogen-bond acceptors (Lipinski definition) is 2. The van der Waals surface area contributed by atoms with E-state index < -0.39 is 0 Å². The maximum atomic E-state index is 6.47. The van der Waals surface area contributed by atoms with E-state index in [1.54, 1.807) is 0 Å². The molecule has 0 unspecified atom stereocenters. The molecule has 0 fully saturated rings. The molecule has 0 atom stereocenters. The molecule has 2 aromatic rings. The van der Waals surface area contributed by atoms with E-state index in [1.165, 1.54) is 16.9 Å². The van der Waals surface area contributed by atoms with Crippen molar-refractivity contribution in [3.8, 4) is 0 Å². The maximum absolute atomic E-state index is 6.47. The highest BCUT2D eigenvalue weighted by molar-refractivity contribution is 9.08. The predicted octanol–water partition coefficient (Wildman–Crippen LogP) is 4.82. The smallest absolute Gasteiger partial charge is 0.0649 e. The number of anilines is 3. The van der Waals surface area contributed by atoms with Gasteiger partial charge in [-0.15, -0.1) is 0 Å². The topological polar surface area (TPSA) is 6.48 Å². The third-order valence-electron chi connectivity index (χ3n) is 3.70. The van der Waals surface area contributed by atoms with E-state index in [-0.39, 0.29) is 0 Å². The van der Waals surface area contributed by atoms with Gasteiger partial charge in [0, 0.05) is 25.5 Å². The van der Waals surface area contributed by atoms with Gasteiger partial charge in [0.1, 0.15) is 0 Å². The summed E-state index contributed by atoms with van der Waals surface area (Å²) in [7, 11) is 2.13. The molecular weight excluding hydrogens is 336 g/mol. The summed E-state index contributed by atoms with van der Waals surface area (Å²) >= 11 is 9.94. The lowest BCUT2D eigenvalue weighted by Gasteiger charge is -2.37. The van der Waals surface area contributed by atoms with Gasteiger partial charge in [-0.2, -0.15) is 0 Å². The Labute approximate surface area is 133 Å². The minimum absolute atomic E-state index is 0.807. The SMILES string of the molecule is CN1CCN(c2ccc(CBr)cc2Cl)c2ccccc21. The van der Waals surface area contributed by atoms with Crippen LogP contribution in [0.15, 0.2) is 42.5 Å². The van der Waals surface area contributed by atoms with E-state index in [0.717, 1.165) is 29.1 Å². The van der Waals surface area contributed by atoms with E-state index in [0.29, 0.717) is 0 Å². The second-order valence-corrected chi connectivity index (χ2v) is 5.95. The largest absolute Gasteiger partial charge is 0.371 e. The number of alkyl halides is 1. The average Bonchev–Trinajstić information content (AvgIpc) is 2.48. The third-order valence-corrected chi connectivity index (χ3v) is 4.65. The molecule has 0 aromatic heterocycles. The number of likely N-dealkylation sites (N-methyl/N-ethyl adjacent to an activating group) is 1. The van der Waals surface area contributed by atoms with Crippen LogP contribution < -0.4 is 9.80 Å². The molecule has 0 amide bonds. The molecule has 0 saturated heterocycles. The number of hydrogen-bond donors (Lipinski definition) is 0. The van der Waals surface area contributed by atoms with Crippen molar-refractivity contribution in [3.05, 3.63) is 53.1 Å². The van der Waals surface area contributed by atoms with Crippen molar-refractivity contribution >= 4 is 44.6 Å². The van der Waals surface area contributed by atoms with Crippen LogP contribution >= 0.6 is 27.5 Å². The molecular formula is C16H16BrClN2. The van der Waals surface area contributed by atoms with Gasteiger partial charge >= 0.3 is 0 Å². The number of rotatable bonds is 2. The molecule has 0 radical (unpaired) electrons. The minimum atomic E-state index is 0.807. The van der Waals surface area contributed by atoms with Crippen molar-refractivity contribution in [2.75, 3.05) is 29.9 Å². The molecule has 0 saturated carbocycles. The molecule has 1 aliphatic rings. The lowest BCUT2D eigenvalue weighted by Crippen LogP contribution is -2.36. The highest BCUT2D eigenvalue weighted by atomic mass is 79.9. The molecule has 20 heavy (non-hydrogen) atoms. The Kier molecular flexibility index (Phi) is 3.90. The molecule has 0 spiro atoms. The van der Waals surface area contributed by atoms with Crippen LogP contribution in [-0.2, 0) is 5.33 Å². The van der Waals surface area contributed by atoms with E-state index in [4.69, 9.17) is 11.6 Å².